The van der Waals surface area contributed by atoms with Gasteiger partial charge in [-0.05, 0) is 31.0 Å². The third-order valence-electron chi connectivity index (χ3n) is 4.17. The Labute approximate surface area is 121 Å². The number of piperidine rings is 1. The summed E-state index contributed by atoms with van der Waals surface area (Å²) < 4.78 is 0. The average molecular weight is 294 g/mol. The molecule has 0 aliphatic carbocycles. The molecule has 0 atom stereocenters. The zero-order chi connectivity index (χ0) is 13.0. The lowest BCUT2D eigenvalue weighted by atomic mass is 9.86. The van der Waals surface area contributed by atoms with E-state index < -0.39 is 0 Å². The Bertz CT molecular complexity index is 642. The van der Waals surface area contributed by atoms with Crippen molar-refractivity contribution < 1.29 is 0 Å². The quantitative estimate of drug-likeness (QED) is 0.859. The fourth-order valence-corrected chi connectivity index (χ4v) is 3.71. The summed E-state index contributed by atoms with van der Waals surface area (Å²) in [5, 5.41) is 9.03. The molecule has 5 rings (SSSR count). The molecule has 1 aromatic heterocycles. The van der Waals surface area contributed by atoms with E-state index in [2.05, 4.69) is 15.1 Å². The summed E-state index contributed by atoms with van der Waals surface area (Å²) >= 11 is 12.3. The van der Waals surface area contributed by atoms with Crippen LogP contribution in [0.1, 0.15) is 24.5 Å². The molecule has 19 heavy (non-hydrogen) atoms. The van der Waals surface area contributed by atoms with E-state index in [1.54, 1.807) is 6.07 Å². The highest BCUT2D eigenvalue weighted by Gasteiger charge is 2.35. The van der Waals surface area contributed by atoms with Crippen molar-refractivity contribution in [1.29, 1.82) is 0 Å². The van der Waals surface area contributed by atoms with Gasteiger partial charge in [0.1, 0.15) is 5.69 Å². The van der Waals surface area contributed by atoms with Gasteiger partial charge in [0.2, 0.25) is 0 Å². The van der Waals surface area contributed by atoms with Crippen molar-refractivity contribution >= 4 is 28.9 Å². The van der Waals surface area contributed by atoms with E-state index in [1.807, 2.05) is 12.1 Å². The maximum absolute atomic E-state index is 6.31. The Balaban J connectivity index is 1.89. The summed E-state index contributed by atoms with van der Waals surface area (Å²) in [5.74, 6) is 0.632. The van der Waals surface area contributed by atoms with Crippen LogP contribution in [-0.2, 0) is 0 Å². The summed E-state index contributed by atoms with van der Waals surface area (Å²) in [6.45, 7) is 2.24. The molecule has 4 heterocycles. The van der Waals surface area contributed by atoms with Crippen LogP contribution in [0.25, 0.3) is 11.3 Å². The minimum absolute atomic E-state index is 0.632. The molecule has 0 radical (unpaired) electrons. The summed E-state index contributed by atoms with van der Waals surface area (Å²) in [5.41, 5.74) is 4.43. The van der Waals surface area contributed by atoms with Gasteiger partial charge in [-0.15, -0.1) is 0 Å². The first-order valence-electron chi connectivity index (χ1n) is 6.52. The summed E-state index contributed by atoms with van der Waals surface area (Å²) in [6.07, 6.45) is 2.45. The van der Waals surface area contributed by atoms with E-state index in [0.717, 1.165) is 24.3 Å². The fourth-order valence-electron chi connectivity index (χ4n) is 3.22. The number of fused-ring (bicyclic) bond motifs is 2. The SMILES string of the molecule is Clc1ccc(-c2n[nH]c3c2N2CCC3CC2)c(Cl)c1. The molecule has 3 aliphatic heterocycles. The van der Waals surface area contributed by atoms with E-state index in [9.17, 15) is 0 Å². The summed E-state index contributed by atoms with van der Waals surface area (Å²) in [4.78, 5) is 2.42. The van der Waals surface area contributed by atoms with Gasteiger partial charge in [0.15, 0.2) is 0 Å². The van der Waals surface area contributed by atoms with Crippen LogP contribution in [0.2, 0.25) is 10.0 Å². The van der Waals surface area contributed by atoms with Crippen LogP contribution in [0.15, 0.2) is 18.2 Å². The van der Waals surface area contributed by atoms with Crippen LogP contribution in [0.4, 0.5) is 5.69 Å². The molecule has 3 aliphatic rings. The molecule has 2 bridgehead atoms. The normalized spacial score (nSPS) is 17.9. The molecule has 5 heteroatoms. The fraction of sp³-hybridized carbons (Fsp3) is 0.357. The number of hydrogen-bond acceptors (Lipinski definition) is 2. The number of rotatable bonds is 1. The minimum atomic E-state index is 0.632. The van der Waals surface area contributed by atoms with Crippen LogP contribution in [0.5, 0.6) is 0 Å². The first kappa shape index (κ1) is 11.6. The van der Waals surface area contributed by atoms with Gasteiger partial charge in [0, 0.05) is 29.6 Å². The second-order valence-corrected chi connectivity index (χ2v) is 6.06. The zero-order valence-electron chi connectivity index (χ0n) is 10.3. The predicted molar refractivity (Wildman–Crippen MR) is 78.2 cm³/mol. The Morgan fingerprint density at radius 2 is 2.00 bits per heavy atom. The third-order valence-corrected chi connectivity index (χ3v) is 4.72. The van der Waals surface area contributed by atoms with Crippen LogP contribution in [-0.4, -0.2) is 23.3 Å². The lowest BCUT2D eigenvalue weighted by Crippen LogP contribution is -2.38. The molecular weight excluding hydrogens is 281 g/mol. The standard InChI is InChI=1S/C14H13Cl2N3/c15-9-1-2-10(11(16)7-9)13-14-12(17-18-13)8-3-5-19(14)6-4-8/h1-2,7-8H,3-6H2,(H,17,18). The predicted octanol–water partition coefficient (Wildman–Crippen LogP) is 4.08. The lowest BCUT2D eigenvalue weighted by molar-refractivity contribution is 0.466. The van der Waals surface area contributed by atoms with Crippen molar-refractivity contribution in [2.24, 2.45) is 0 Å². The molecule has 1 saturated heterocycles. The van der Waals surface area contributed by atoms with Crippen molar-refractivity contribution in [2.45, 2.75) is 18.8 Å². The van der Waals surface area contributed by atoms with Crippen LogP contribution in [0.3, 0.4) is 0 Å². The number of benzene rings is 1. The molecule has 1 aromatic carbocycles. The second kappa shape index (κ2) is 4.15. The summed E-state index contributed by atoms with van der Waals surface area (Å²) in [7, 11) is 0. The maximum Gasteiger partial charge on any atom is 0.117 e. The molecule has 0 saturated carbocycles. The molecule has 3 nitrogen and oxygen atoms in total. The largest absolute Gasteiger partial charge is 0.368 e. The molecule has 0 spiro atoms. The topological polar surface area (TPSA) is 31.9 Å². The Morgan fingerprint density at radius 1 is 1.21 bits per heavy atom. The minimum Gasteiger partial charge on any atom is -0.368 e. The summed E-state index contributed by atoms with van der Waals surface area (Å²) in [6, 6.07) is 5.58. The van der Waals surface area contributed by atoms with Crippen LogP contribution >= 0.6 is 23.2 Å². The van der Waals surface area contributed by atoms with E-state index in [-0.39, 0.29) is 0 Å². The number of aromatic nitrogens is 2. The van der Waals surface area contributed by atoms with Gasteiger partial charge < -0.3 is 4.90 Å². The highest BCUT2D eigenvalue weighted by Crippen LogP contribution is 2.46. The van der Waals surface area contributed by atoms with E-state index in [4.69, 9.17) is 23.2 Å². The Morgan fingerprint density at radius 3 is 2.74 bits per heavy atom. The molecular formula is C14H13Cl2N3. The first-order valence-corrected chi connectivity index (χ1v) is 7.28. The first-order chi connectivity index (χ1) is 9.24. The number of halogens is 2. The number of nitrogens with zero attached hydrogens (tertiary/aromatic N) is 2. The van der Waals surface area contributed by atoms with E-state index in [0.29, 0.717) is 16.0 Å². The van der Waals surface area contributed by atoms with Gasteiger partial charge in [-0.25, -0.2) is 0 Å². The third kappa shape index (κ3) is 1.68. The van der Waals surface area contributed by atoms with Gasteiger partial charge in [0.25, 0.3) is 0 Å². The Hall–Kier alpha value is -1.19. The number of H-pyrrole nitrogens is 1. The smallest absolute Gasteiger partial charge is 0.117 e. The highest BCUT2D eigenvalue weighted by atomic mass is 35.5. The Kier molecular flexibility index (Phi) is 2.54. The number of hydrogen-bond donors (Lipinski definition) is 1. The van der Waals surface area contributed by atoms with Gasteiger partial charge in [-0.2, -0.15) is 5.10 Å². The van der Waals surface area contributed by atoms with Crippen molar-refractivity contribution in [2.75, 3.05) is 18.0 Å². The molecule has 1 fully saturated rings. The monoisotopic (exact) mass is 293 g/mol. The zero-order valence-corrected chi connectivity index (χ0v) is 11.8. The number of anilines is 1. The van der Waals surface area contributed by atoms with E-state index >= 15 is 0 Å². The molecule has 0 unspecified atom stereocenters. The molecule has 0 amide bonds. The maximum atomic E-state index is 6.31. The van der Waals surface area contributed by atoms with E-state index in [1.165, 1.54) is 24.2 Å². The van der Waals surface area contributed by atoms with Crippen LogP contribution in [0, 0.1) is 0 Å². The van der Waals surface area contributed by atoms with Crippen molar-refractivity contribution in [3.8, 4) is 11.3 Å². The molecule has 98 valence electrons. The van der Waals surface area contributed by atoms with Gasteiger partial charge in [-0.1, -0.05) is 23.2 Å². The lowest BCUT2D eigenvalue weighted by Gasteiger charge is -2.40. The number of nitrogens with one attached hydrogen (secondary N) is 1. The van der Waals surface area contributed by atoms with Gasteiger partial charge >= 0.3 is 0 Å². The van der Waals surface area contributed by atoms with Crippen molar-refractivity contribution in [1.82, 2.24) is 10.2 Å². The van der Waals surface area contributed by atoms with Crippen molar-refractivity contribution in [3.05, 3.63) is 33.9 Å². The molecule has 1 N–H and O–H groups in total. The number of aromatic amines is 1. The average Bonchev–Trinajstić information content (AvgIpc) is 2.87. The van der Waals surface area contributed by atoms with Crippen LogP contribution < -0.4 is 4.90 Å². The van der Waals surface area contributed by atoms with Crippen molar-refractivity contribution in [3.63, 3.8) is 0 Å². The molecule has 2 aromatic rings. The highest BCUT2D eigenvalue weighted by molar-refractivity contribution is 6.36. The second-order valence-electron chi connectivity index (χ2n) is 5.22. The van der Waals surface area contributed by atoms with Gasteiger partial charge in [-0.3, -0.25) is 5.10 Å². The van der Waals surface area contributed by atoms with Gasteiger partial charge in [0.05, 0.1) is 16.4 Å².